The minimum Gasteiger partial charge on any atom is -0.360 e. The maximum atomic E-state index is 13.4. The van der Waals surface area contributed by atoms with Crippen LogP contribution in [0, 0.1) is 11.8 Å². The molecule has 158 valence electrons. The van der Waals surface area contributed by atoms with Gasteiger partial charge in [-0.3, -0.25) is 19.4 Å². The first-order valence-corrected chi connectivity index (χ1v) is 10.2. The number of pyridine rings is 1. The molecule has 2 aromatic rings. The van der Waals surface area contributed by atoms with Crippen LogP contribution in [0.2, 0.25) is 0 Å². The molecule has 2 bridgehead atoms. The quantitative estimate of drug-likeness (QED) is 0.719. The maximum Gasteiger partial charge on any atom is 0.234 e. The van der Waals surface area contributed by atoms with E-state index in [0.29, 0.717) is 24.5 Å². The van der Waals surface area contributed by atoms with E-state index in [4.69, 9.17) is 4.74 Å². The van der Waals surface area contributed by atoms with Gasteiger partial charge in [-0.25, -0.2) is 0 Å². The van der Waals surface area contributed by atoms with Gasteiger partial charge in [0.15, 0.2) is 0 Å². The molecular formula is C23H22N4O4. The summed E-state index contributed by atoms with van der Waals surface area (Å²) < 4.78 is 6.16. The van der Waals surface area contributed by atoms with Gasteiger partial charge in [0, 0.05) is 37.2 Å². The first-order valence-electron chi connectivity index (χ1n) is 10.2. The molecule has 3 amide bonds. The Kier molecular flexibility index (Phi) is 4.59. The molecule has 4 atom stereocenters. The second-order valence-corrected chi connectivity index (χ2v) is 8.13. The molecular weight excluding hydrogens is 396 g/mol. The topological polar surface area (TPSA) is 101 Å². The lowest BCUT2D eigenvalue weighted by Gasteiger charge is -2.23. The number of nitrogens with one attached hydrogen (secondary N) is 2. The Hall–Kier alpha value is -3.52. The van der Waals surface area contributed by atoms with Crippen LogP contribution in [-0.2, 0) is 25.7 Å². The van der Waals surface area contributed by atoms with Crippen molar-refractivity contribution < 1.29 is 19.1 Å². The second-order valence-electron chi connectivity index (χ2n) is 8.13. The van der Waals surface area contributed by atoms with Crippen molar-refractivity contribution in [2.75, 3.05) is 16.8 Å². The van der Waals surface area contributed by atoms with Crippen molar-refractivity contribution in [2.24, 2.45) is 11.8 Å². The molecule has 31 heavy (non-hydrogen) atoms. The SMILES string of the molecule is CC(=O)Nc1ccc(N2C[C@]34C=C[C@H](O3)C(C(=O)NCc3cccnc3)C4C2=O)cc1. The molecule has 8 nitrogen and oxygen atoms in total. The van der Waals surface area contributed by atoms with Crippen LogP contribution in [0.25, 0.3) is 0 Å². The number of anilines is 2. The Morgan fingerprint density at radius 3 is 2.77 bits per heavy atom. The summed E-state index contributed by atoms with van der Waals surface area (Å²) in [6, 6.07) is 10.8. The van der Waals surface area contributed by atoms with Gasteiger partial charge < -0.3 is 20.3 Å². The zero-order valence-electron chi connectivity index (χ0n) is 16.9. The van der Waals surface area contributed by atoms with E-state index in [1.165, 1.54) is 6.92 Å². The van der Waals surface area contributed by atoms with E-state index >= 15 is 0 Å². The molecule has 1 aromatic heterocycles. The van der Waals surface area contributed by atoms with E-state index in [-0.39, 0.29) is 17.7 Å². The number of fused-ring (bicyclic) bond motifs is 1. The van der Waals surface area contributed by atoms with E-state index in [2.05, 4.69) is 15.6 Å². The first-order chi connectivity index (χ1) is 15.0. The van der Waals surface area contributed by atoms with Crippen molar-refractivity contribution in [3.05, 3.63) is 66.5 Å². The van der Waals surface area contributed by atoms with Crippen LogP contribution in [0.3, 0.4) is 0 Å². The molecule has 3 aliphatic heterocycles. The van der Waals surface area contributed by atoms with Crippen LogP contribution in [0.5, 0.6) is 0 Å². The summed E-state index contributed by atoms with van der Waals surface area (Å²) >= 11 is 0. The van der Waals surface area contributed by atoms with Gasteiger partial charge in [-0.15, -0.1) is 0 Å². The normalized spacial score (nSPS) is 28.0. The third-order valence-corrected chi connectivity index (χ3v) is 6.09. The van der Waals surface area contributed by atoms with Gasteiger partial charge in [0.25, 0.3) is 0 Å². The fraction of sp³-hybridized carbons (Fsp3) is 0.304. The van der Waals surface area contributed by atoms with Gasteiger partial charge >= 0.3 is 0 Å². The fourth-order valence-corrected chi connectivity index (χ4v) is 4.75. The average molecular weight is 418 g/mol. The molecule has 2 N–H and O–H groups in total. The minimum absolute atomic E-state index is 0.124. The van der Waals surface area contributed by atoms with Gasteiger partial charge in [0.2, 0.25) is 17.7 Å². The summed E-state index contributed by atoms with van der Waals surface area (Å²) in [5.41, 5.74) is 1.47. The van der Waals surface area contributed by atoms with Crippen molar-refractivity contribution in [1.29, 1.82) is 0 Å². The van der Waals surface area contributed by atoms with Crippen LogP contribution < -0.4 is 15.5 Å². The molecule has 5 rings (SSSR count). The van der Waals surface area contributed by atoms with E-state index in [1.807, 2.05) is 24.3 Å². The van der Waals surface area contributed by atoms with Crippen LogP contribution in [-0.4, -0.2) is 41.0 Å². The predicted molar refractivity (Wildman–Crippen MR) is 113 cm³/mol. The third kappa shape index (κ3) is 3.29. The summed E-state index contributed by atoms with van der Waals surface area (Å²) in [6.45, 7) is 2.15. The number of hydrogen-bond donors (Lipinski definition) is 2. The number of rotatable bonds is 5. The van der Waals surface area contributed by atoms with Gasteiger partial charge in [-0.05, 0) is 35.9 Å². The van der Waals surface area contributed by atoms with Crippen molar-refractivity contribution in [3.8, 4) is 0 Å². The largest absolute Gasteiger partial charge is 0.360 e. The van der Waals surface area contributed by atoms with Crippen LogP contribution >= 0.6 is 0 Å². The van der Waals surface area contributed by atoms with Gasteiger partial charge in [-0.1, -0.05) is 18.2 Å². The number of aromatic nitrogens is 1. The monoisotopic (exact) mass is 418 g/mol. The number of carbonyl (C=O) groups is 3. The van der Waals surface area contributed by atoms with Crippen LogP contribution in [0.1, 0.15) is 12.5 Å². The molecule has 8 heteroatoms. The van der Waals surface area contributed by atoms with Crippen LogP contribution in [0.4, 0.5) is 11.4 Å². The second kappa shape index (κ2) is 7.31. The molecule has 2 fully saturated rings. The van der Waals surface area contributed by atoms with E-state index in [0.717, 1.165) is 5.56 Å². The zero-order valence-corrected chi connectivity index (χ0v) is 16.9. The number of nitrogens with zero attached hydrogens (tertiary/aromatic N) is 2. The lowest BCUT2D eigenvalue weighted by atomic mass is 9.77. The van der Waals surface area contributed by atoms with Crippen molar-refractivity contribution >= 4 is 29.1 Å². The highest BCUT2D eigenvalue weighted by molar-refractivity contribution is 6.03. The van der Waals surface area contributed by atoms with Crippen molar-refractivity contribution in [1.82, 2.24) is 10.3 Å². The Balaban J connectivity index is 1.34. The number of benzene rings is 1. The smallest absolute Gasteiger partial charge is 0.234 e. The molecule has 0 saturated carbocycles. The van der Waals surface area contributed by atoms with Gasteiger partial charge in [0.05, 0.1) is 24.5 Å². The molecule has 1 spiro atoms. The third-order valence-electron chi connectivity index (χ3n) is 6.09. The first kappa shape index (κ1) is 19.4. The molecule has 4 heterocycles. The summed E-state index contributed by atoms with van der Waals surface area (Å²) in [5.74, 6) is -1.61. The lowest BCUT2D eigenvalue weighted by Crippen LogP contribution is -2.44. The fourth-order valence-electron chi connectivity index (χ4n) is 4.75. The summed E-state index contributed by atoms with van der Waals surface area (Å²) in [7, 11) is 0. The summed E-state index contributed by atoms with van der Waals surface area (Å²) in [6.07, 6.45) is 6.80. The van der Waals surface area contributed by atoms with E-state index in [1.54, 1.807) is 41.6 Å². The number of hydrogen-bond acceptors (Lipinski definition) is 5. The molecule has 0 aliphatic carbocycles. The van der Waals surface area contributed by atoms with Gasteiger partial charge in [0.1, 0.15) is 5.60 Å². The van der Waals surface area contributed by atoms with E-state index < -0.39 is 23.5 Å². The zero-order chi connectivity index (χ0) is 21.6. The number of ether oxygens (including phenoxy) is 1. The molecule has 2 saturated heterocycles. The lowest BCUT2D eigenvalue weighted by molar-refractivity contribution is -0.132. The van der Waals surface area contributed by atoms with Crippen LogP contribution in [0.15, 0.2) is 60.9 Å². The maximum absolute atomic E-state index is 13.4. The predicted octanol–water partition coefficient (Wildman–Crippen LogP) is 1.64. The number of carbonyl (C=O) groups excluding carboxylic acids is 3. The number of amides is 3. The van der Waals surface area contributed by atoms with Gasteiger partial charge in [-0.2, -0.15) is 0 Å². The van der Waals surface area contributed by atoms with E-state index in [9.17, 15) is 14.4 Å². The Labute approximate surface area is 179 Å². The Morgan fingerprint density at radius 2 is 2.06 bits per heavy atom. The molecule has 0 radical (unpaired) electrons. The van der Waals surface area contributed by atoms with Crippen molar-refractivity contribution in [3.63, 3.8) is 0 Å². The average Bonchev–Trinajstić information content (AvgIpc) is 3.41. The molecule has 3 aliphatic rings. The summed E-state index contributed by atoms with van der Waals surface area (Å²) in [4.78, 5) is 43.3. The standard InChI is InChI=1S/C23H22N4O4/c1-14(28)26-16-4-6-17(7-5-16)27-13-23-9-8-18(31-23)19(20(23)22(27)30)21(29)25-12-15-3-2-10-24-11-15/h2-11,18-20H,12-13H2,1H3,(H,25,29)(H,26,28)/t18-,19?,20?,23-/m0/s1. The summed E-state index contributed by atoms with van der Waals surface area (Å²) in [5, 5.41) is 5.64. The van der Waals surface area contributed by atoms with Crippen molar-refractivity contribution in [2.45, 2.75) is 25.2 Å². The Morgan fingerprint density at radius 1 is 1.26 bits per heavy atom. The highest BCUT2D eigenvalue weighted by atomic mass is 16.5. The highest BCUT2D eigenvalue weighted by Crippen LogP contribution is 2.52. The molecule has 1 aromatic carbocycles. The highest BCUT2D eigenvalue weighted by Gasteiger charge is 2.67. The Bertz CT molecular complexity index is 1070. The molecule has 2 unspecified atom stereocenters. The minimum atomic E-state index is -0.783.